The summed E-state index contributed by atoms with van der Waals surface area (Å²) in [5.74, 6) is -2.69. The van der Waals surface area contributed by atoms with Crippen molar-refractivity contribution < 1.29 is 19.5 Å². The molecule has 3 N–H and O–H groups in total. The Morgan fingerprint density at radius 3 is 2.27 bits per heavy atom. The van der Waals surface area contributed by atoms with E-state index in [9.17, 15) is 14.4 Å². The van der Waals surface area contributed by atoms with E-state index in [4.69, 9.17) is 10.8 Å². The monoisotopic (exact) mass is 212 g/mol. The highest BCUT2D eigenvalue weighted by atomic mass is 16.4. The molecule has 1 unspecified atom stereocenters. The van der Waals surface area contributed by atoms with E-state index in [2.05, 4.69) is 0 Å². The van der Waals surface area contributed by atoms with Gasteiger partial charge < -0.3 is 15.7 Å². The number of hydrogen-bond donors (Lipinski definition) is 2. The molecule has 6 nitrogen and oxygen atoms in total. The average molecular weight is 212 g/mol. The molecule has 1 aliphatic carbocycles. The first-order chi connectivity index (χ1) is 7.02. The molecule has 0 aromatic heterocycles. The number of likely N-dealkylation sites (tertiary alicyclic amines) is 1. The van der Waals surface area contributed by atoms with Crippen molar-refractivity contribution in [2.75, 3.05) is 6.54 Å². The van der Waals surface area contributed by atoms with E-state index >= 15 is 0 Å². The van der Waals surface area contributed by atoms with Gasteiger partial charge in [0.15, 0.2) is 0 Å². The van der Waals surface area contributed by atoms with Gasteiger partial charge >= 0.3 is 5.97 Å². The number of nitrogens with two attached hydrogens (primary N) is 1. The van der Waals surface area contributed by atoms with Crippen molar-refractivity contribution in [2.24, 2.45) is 17.6 Å². The molecule has 0 bridgehead atoms. The highest BCUT2D eigenvalue weighted by Gasteiger charge is 2.52. The number of carboxylic acid groups (broad SMARTS) is 1. The average Bonchev–Trinajstić information content (AvgIpc) is 2.77. The predicted octanol–water partition coefficient (Wildman–Crippen LogP) is -1.21. The van der Waals surface area contributed by atoms with Crippen molar-refractivity contribution in [2.45, 2.75) is 18.9 Å². The van der Waals surface area contributed by atoms with Crippen LogP contribution in [0.5, 0.6) is 0 Å². The number of hydrogen-bond acceptors (Lipinski definition) is 3. The summed E-state index contributed by atoms with van der Waals surface area (Å²) in [4.78, 5) is 34.5. The quantitative estimate of drug-likeness (QED) is 0.613. The largest absolute Gasteiger partial charge is 0.481 e. The summed E-state index contributed by atoms with van der Waals surface area (Å²) < 4.78 is 0. The lowest BCUT2D eigenvalue weighted by atomic mass is 10.0. The fourth-order valence-electron chi connectivity index (χ4n) is 1.90. The van der Waals surface area contributed by atoms with E-state index in [0.717, 1.165) is 0 Å². The molecule has 2 fully saturated rings. The van der Waals surface area contributed by atoms with Crippen LogP contribution in [-0.4, -0.2) is 40.4 Å². The van der Waals surface area contributed by atoms with Gasteiger partial charge in [0.2, 0.25) is 11.8 Å². The standard InChI is InChI=1S/C9H12N2O4/c10-7(12)6-1-2-11(6)8(13)4-3-5(4)9(14)15/h4-6H,1-3H2,(H2,10,12)(H,14,15)/t4-,5-,6?/m1/s1. The molecular formula is C9H12N2O4. The third-order valence-corrected chi connectivity index (χ3v) is 3.06. The molecule has 6 heteroatoms. The maximum Gasteiger partial charge on any atom is 0.307 e. The summed E-state index contributed by atoms with van der Waals surface area (Å²) in [6, 6.07) is -0.521. The number of aliphatic carboxylic acids is 1. The molecule has 0 radical (unpaired) electrons. The minimum absolute atomic E-state index is 0.238. The fraction of sp³-hybridized carbons (Fsp3) is 0.667. The molecule has 2 rings (SSSR count). The van der Waals surface area contributed by atoms with Crippen molar-refractivity contribution in [3.63, 3.8) is 0 Å². The van der Waals surface area contributed by atoms with E-state index in [1.54, 1.807) is 0 Å². The summed E-state index contributed by atoms with van der Waals surface area (Å²) in [6.45, 7) is 0.509. The first-order valence-electron chi connectivity index (χ1n) is 4.85. The van der Waals surface area contributed by atoms with Crippen molar-refractivity contribution in [3.05, 3.63) is 0 Å². The highest BCUT2D eigenvalue weighted by molar-refractivity contribution is 5.93. The Labute approximate surface area is 86.0 Å². The molecular weight excluding hydrogens is 200 g/mol. The summed E-state index contributed by atoms with van der Waals surface area (Å²) in [6.07, 6.45) is 0.974. The van der Waals surface area contributed by atoms with Crippen LogP contribution in [0.4, 0.5) is 0 Å². The molecule has 1 saturated carbocycles. The Balaban J connectivity index is 1.93. The number of carbonyl (C=O) groups excluding carboxylic acids is 2. The minimum atomic E-state index is -0.940. The molecule has 0 aromatic rings. The number of carbonyl (C=O) groups is 3. The molecule has 2 amide bonds. The lowest BCUT2D eigenvalue weighted by Gasteiger charge is -2.38. The SMILES string of the molecule is NC(=O)C1CCN1C(=O)[C@@H]1C[C@H]1C(=O)O. The van der Waals surface area contributed by atoms with Gasteiger partial charge in [0.05, 0.1) is 11.8 Å². The van der Waals surface area contributed by atoms with E-state index in [-0.39, 0.29) is 5.91 Å². The van der Waals surface area contributed by atoms with Gasteiger partial charge in [-0.1, -0.05) is 0 Å². The number of primary amides is 1. The Morgan fingerprint density at radius 2 is 1.93 bits per heavy atom. The Morgan fingerprint density at radius 1 is 1.27 bits per heavy atom. The molecule has 0 aromatic carbocycles. The van der Waals surface area contributed by atoms with Gasteiger partial charge in [-0.25, -0.2) is 0 Å². The van der Waals surface area contributed by atoms with Crippen LogP contribution in [0.25, 0.3) is 0 Å². The highest BCUT2D eigenvalue weighted by Crippen LogP contribution is 2.41. The predicted molar refractivity (Wildman–Crippen MR) is 48.5 cm³/mol. The minimum Gasteiger partial charge on any atom is -0.481 e. The summed E-state index contributed by atoms with van der Waals surface area (Å²) in [5.41, 5.74) is 5.09. The maximum absolute atomic E-state index is 11.7. The lowest BCUT2D eigenvalue weighted by molar-refractivity contribution is -0.149. The van der Waals surface area contributed by atoms with Crippen LogP contribution in [0.15, 0.2) is 0 Å². The van der Waals surface area contributed by atoms with Crippen molar-refractivity contribution in [3.8, 4) is 0 Å². The molecule has 1 saturated heterocycles. The Hall–Kier alpha value is -1.59. The third kappa shape index (κ3) is 1.55. The second-order valence-corrected chi connectivity index (χ2v) is 4.03. The Kier molecular flexibility index (Phi) is 2.13. The zero-order chi connectivity index (χ0) is 11.2. The van der Waals surface area contributed by atoms with Gasteiger partial charge in [-0.05, 0) is 12.8 Å². The molecule has 0 spiro atoms. The normalized spacial score (nSPS) is 33.1. The Bertz CT molecular complexity index is 341. The van der Waals surface area contributed by atoms with Crippen LogP contribution in [0, 0.1) is 11.8 Å². The van der Waals surface area contributed by atoms with Crippen LogP contribution in [-0.2, 0) is 14.4 Å². The molecule has 3 atom stereocenters. The molecule has 15 heavy (non-hydrogen) atoms. The molecule has 2 aliphatic rings. The van der Waals surface area contributed by atoms with Crippen molar-refractivity contribution >= 4 is 17.8 Å². The van der Waals surface area contributed by atoms with Gasteiger partial charge in [-0.2, -0.15) is 0 Å². The van der Waals surface area contributed by atoms with Gasteiger partial charge in [0, 0.05) is 6.54 Å². The number of rotatable bonds is 3. The van der Waals surface area contributed by atoms with Crippen LogP contribution >= 0.6 is 0 Å². The smallest absolute Gasteiger partial charge is 0.307 e. The second-order valence-electron chi connectivity index (χ2n) is 4.03. The van der Waals surface area contributed by atoms with Gasteiger partial charge in [-0.3, -0.25) is 14.4 Å². The molecule has 1 heterocycles. The first kappa shape index (κ1) is 9.95. The van der Waals surface area contributed by atoms with E-state index in [0.29, 0.717) is 19.4 Å². The van der Waals surface area contributed by atoms with Gasteiger partial charge in [0.1, 0.15) is 6.04 Å². The fourth-order valence-corrected chi connectivity index (χ4v) is 1.90. The number of carboxylic acids is 1. The van der Waals surface area contributed by atoms with Gasteiger partial charge in [0.25, 0.3) is 0 Å². The zero-order valence-electron chi connectivity index (χ0n) is 8.05. The van der Waals surface area contributed by atoms with Crippen molar-refractivity contribution in [1.29, 1.82) is 0 Å². The number of nitrogens with zero attached hydrogens (tertiary/aromatic N) is 1. The third-order valence-electron chi connectivity index (χ3n) is 3.06. The summed E-state index contributed by atoms with van der Waals surface area (Å²) in [5, 5.41) is 8.66. The van der Waals surface area contributed by atoms with Crippen LogP contribution in [0.2, 0.25) is 0 Å². The molecule has 82 valence electrons. The van der Waals surface area contributed by atoms with Crippen LogP contribution in [0.3, 0.4) is 0 Å². The second kappa shape index (κ2) is 3.22. The maximum atomic E-state index is 11.7. The lowest BCUT2D eigenvalue weighted by Crippen LogP contribution is -2.57. The zero-order valence-corrected chi connectivity index (χ0v) is 8.05. The first-order valence-corrected chi connectivity index (χ1v) is 4.85. The summed E-state index contributed by atoms with van der Waals surface area (Å²) >= 11 is 0. The van der Waals surface area contributed by atoms with Gasteiger partial charge in [-0.15, -0.1) is 0 Å². The summed E-state index contributed by atoms with van der Waals surface area (Å²) in [7, 11) is 0. The van der Waals surface area contributed by atoms with E-state index in [1.807, 2.05) is 0 Å². The van der Waals surface area contributed by atoms with Crippen LogP contribution < -0.4 is 5.73 Å². The van der Waals surface area contributed by atoms with Crippen molar-refractivity contribution in [1.82, 2.24) is 4.90 Å². The topological polar surface area (TPSA) is 101 Å². The van der Waals surface area contributed by atoms with Crippen LogP contribution in [0.1, 0.15) is 12.8 Å². The number of amides is 2. The van der Waals surface area contributed by atoms with E-state index in [1.165, 1.54) is 4.90 Å². The van der Waals surface area contributed by atoms with E-state index < -0.39 is 29.8 Å². The molecule has 1 aliphatic heterocycles.